The van der Waals surface area contributed by atoms with Crippen LogP contribution in [0, 0.1) is 6.92 Å². The van der Waals surface area contributed by atoms with Gasteiger partial charge in [0.05, 0.1) is 0 Å². The van der Waals surface area contributed by atoms with Gasteiger partial charge in [-0.1, -0.05) is 25.1 Å². The first-order valence-electron chi connectivity index (χ1n) is 4.97. The summed E-state index contributed by atoms with van der Waals surface area (Å²) in [6.45, 7) is 4.60. The molecule has 1 heteroatoms. The molecular weight excluding hydrogens is 160 g/mol. The molecule has 0 heterocycles. The second-order valence-electron chi connectivity index (χ2n) is 3.44. The van der Waals surface area contributed by atoms with Crippen LogP contribution in [-0.2, 0) is 12.8 Å². The van der Waals surface area contributed by atoms with E-state index < -0.39 is 0 Å². The number of benzene rings is 1. The van der Waals surface area contributed by atoms with Crippen molar-refractivity contribution in [2.45, 2.75) is 33.1 Å². The van der Waals surface area contributed by atoms with Gasteiger partial charge in [-0.25, -0.2) is 0 Å². The summed E-state index contributed by atoms with van der Waals surface area (Å²) >= 11 is 0. The quantitative estimate of drug-likeness (QED) is 0.751. The molecule has 0 spiro atoms. The van der Waals surface area contributed by atoms with Gasteiger partial charge in [-0.2, -0.15) is 0 Å². The van der Waals surface area contributed by atoms with Crippen LogP contribution in [0.3, 0.4) is 0 Å². The van der Waals surface area contributed by atoms with Crippen LogP contribution in [-0.4, -0.2) is 11.7 Å². The van der Waals surface area contributed by atoms with Crippen molar-refractivity contribution in [2.75, 3.05) is 6.61 Å². The van der Waals surface area contributed by atoms with Crippen LogP contribution >= 0.6 is 0 Å². The summed E-state index contributed by atoms with van der Waals surface area (Å²) in [5.74, 6) is 0. The Kier molecular flexibility index (Phi) is 3.97. The number of hydrogen-bond acceptors (Lipinski definition) is 1. The molecule has 0 aliphatic carbocycles. The van der Waals surface area contributed by atoms with Gasteiger partial charge in [-0.15, -0.1) is 0 Å². The van der Waals surface area contributed by atoms with E-state index >= 15 is 0 Å². The monoisotopic (exact) mass is 178 g/mol. The van der Waals surface area contributed by atoms with Crippen molar-refractivity contribution >= 4 is 0 Å². The predicted molar refractivity (Wildman–Crippen MR) is 56.0 cm³/mol. The van der Waals surface area contributed by atoms with Gasteiger partial charge in [0.1, 0.15) is 0 Å². The minimum atomic E-state index is 0.287. The third-order valence-electron chi connectivity index (χ3n) is 2.42. The molecular formula is C12H18O. The van der Waals surface area contributed by atoms with Crippen LogP contribution in [0.25, 0.3) is 0 Å². The summed E-state index contributed by atoms with van der Waals surface area (Å²) in [5, 5.41) is 8.72. The molecule has 0 bridgehead atoms. The van der Waals surface area contributed by atoms with Crippen LogP contribution < -0.4 is 0 Å². The first-order valence-corrected chi connectivity index (χ1v) is 4.97. The summed E-state index contributed by atoms with van der Waals surface area (Å²) in [5.41, 5.74) is 4.12. The van der Waals surface area contributed by atoms with E-state index in [0.717, 1.165) is 19.3 Å². The van der Waals surface area contributed by atoms with Crippen molar-refractivity contribution in [3.63, 3.8) is 0 Å². The lowest BCUT2D eigenvalue weighted by Gasteiger charge is -2.06. The molecule has 0 atom stereocenters. The lowest BCUT2D eigenvalue weighted by Crippen LogP contribution is -1.94. The molecule has 0 aromatic heterocycles. The molecule has 0 aliphatic rings. The van der Waals surface area contributed by atoms with Crippen molar-refractivity contribution in [1.29, 1.82) is 0 Å². The van der Waals surface area contributed by atoms with Crippen LogP contribution in [0.15, 0.2) is 18.2 Å². The highest BCUT2D eigenvalue weighted by Gasteiger charge is 1.98. The Morgan fingerprint density at radius 2 is 2.08 bits per heavy atom. The lowest BCUT2D eigenvalue weighted by atomic mass is 10.0. The minimum absolute atomic E-state index is 0.287. The zero-order valence-corrected chi connectivity index (χ0v) is 8.51. The lowest BCUT2D eigenvalue weighted by molar-refractivity contribution is 0.288. The molecule has 0 aliphatic heterocycles. The Hall–Kier alpha value is -0.820. The molecule has 0 saturated heterocycles. The van der Waals surface area contributed by atoms with E-state index in [1.165, 1.54) is 16.7 Å². The van der Waals surface area contributed by atoms with Gasteiger partial charge in [-0.3, -0.25) is 0 Å². The van der Waals surface area contributed by atoms with Gasteiger partial charge in [-0.05, 0) is 42.9 Å². The SMILES string of the molecule is CCc1ccc(CCCO)c(C)c1. The van der Waals surface area contributed by atoms with E-state index in [-0.39, 0.29) is 6.61 Å². The number of aryl methyl sites for hydroxylation is 3. The van der Waals surface area contributed by atoms with E-state index in [1.54, 1.807) is 0 Å². The molecule has 72 valence electrons. The van der Waals surface area contributed by atoms with Crippen LogP contribution in [0.1, 0.15) is 30.0 Å². The Bertz CT molecular complexity index is 266. The topological polar surface area (TPSA) is 20.2 Å². The predicted octanol–water partition coefficient (Wildman–Crippen LogP) is 2.48. The summed E-state index contributed by atoms with van der Waals surface area (Å²) < 4.78 is 0. The summed E-state index contributed by atoms with van der Waals surface area (Å²) in [7, 11) is 0. The van der Waals surface area contributed by atoms with Gasteiger partial charge >= 0.3 is 0 Å². The molecule has 0 amide bonds. The fraction of sp³-hybridized carbons (Fsp3) is 0.500. The molecule has 0 radical (unpaired) electrons. The van der Waals surface area contributed by atoms with E-state index in [4.69, 9.17) is 5.11 Å². The van der Waals surface area contributed by atoms with Crippen molar-refractivity contribution in [2.24, 2.45) is 0 Å². The van der Waals surface area contributed by atoms with Crippen molar-refractivity contribution < 1.29 is 5.11 Å². The number of aliphatic hydroxyl groups is 1. The Morgan fingerprint density at radius 3 is 2.62 bits per heavy atom. The van der Waals surface area contributed by atoms with Gasteiger partial charge in [0.2, 0.25) is 0 Å². The molecule has 1 aromatic rings. The Labute approximate surface area is 80.4 Å². The molecule has 0 saturated carbocycles. The molecule has 1 N–H and O–H groups in total. The van der Waals surface area contributed by atoms with Gasteiger partial charge in [0.15, 0.2) is 0 Å². The maximum absolute atomic E-state index is 8.72. The molecule has 0 fully saturated rings. The Balaban J connectivity index is 2.73. The van der Waals surface area contributed by atoms with Gasteiger partial charge in [0, 0.05) is 6.61 Å². The third-order valence-corrected chi connectivity index (χ3v) is 2.42. The highest BCUT2D eigenvalue weighted by atomic mass is 16.2. The second kappa shape index (κ2) is 5.03. The fourth-order valence-corrected chi connectivity index (χ4v) is 1.53. The Morgan fingerprint density at radius 1 is 1.31 bits per heavy atom. The van der Waals surface area contributed by atoms with E-state index in [1.807, 2.05) is 0 Å². The van der Waals surface area contributed by atoms with Crippen LogP contribution in [0.5, 0.6) is 0 Å². The van der Waals surface area contributed by atoms with Crippen molar-refractivity contribution in [3.8, 4) is 0 Å². The number of aliphatic hydroxyl groups excluding tert-OH is 1. The normalized spacial score (nSPS) is 10.4. The van der Waals surface area contributed by atoms with E-state index in [0.29, 0.717) is 0 Å². The maximum Gasteiger partial charge on any atom is 0.0434 e. The molecule has 1 nitrogen and oxygen atoms in total. The minimum Gasteiger partial charge on any atom is -0.396 e. The van der Waals surface area contributed by atoms with Gasteiger partial charge < -0.3 is 5.11 Å². The second-order valence-corrected chi connectivity index (χ2v) is 3.44. The van der Waals surface area contributed by atoms with E-state index in [9.17, 15) is 0 Å². The highest BCUT2D eigenvalue weighted by molar-refractivity contribution is 5.31. The maximum atomic E-state index is 8.72. The first kappa shape index (κ1) is 10.3. The smallest absolute Gasteiger partial charge is 0.0434 e. The zero-order chi connectivity index (χ0) is 9.68. The summed E-state index contributed by atoms with van der Waals surface area (Å²) in [6, 6.07) is 6.61. The standard InChI is InChI=1S/C12H18O/c1-3-11-6-7-12(5-4-8-13)10(2)9-11/h6-7,9,13H,3-5,8H2,1-2H3. The average Bonchev–Trinajstić information content (AvgIpc) is 2.16. The van der Waals surface area contributed by atoms with Gasteiger partial charge in [0.25, 0.3) is 0 Å². The molecule has 1 rings (SSSR count). The number of hydrogen-bond donors (Lipinski definition) is 1. The first-order chi connectivity index (χ1) is 6.27. The summed E-state index contributed by atoms with van der Waals surface area (Å²) in [4.78, 5) is 0. The number of rotatable bonds is 4. The van der Waals surface area contributed by atoms with Crippen LogP contribution in [0.4, 0.5) is 0 Å². The highest BCUT2D eigenvalue weighted by Crippen LogP contribution is 2.13. The molecule has 1 aromatic carbocycles. The molecule has 0 unspecified atom stereocenters. The zero-order valence-electron chi connectivity index (χ0n) is 8.51. The van der Waals surface area contributed by atoms with Crippen molar-refractivity contribution in [3.05, 3.63) is 34.9 Å². The average molecular weight is 178 g/mol. The largest absolute Gasteiger partial charge is 0.396 e. The van der Waals surface area contributed by atoms with Crippen LogP contribution in [0.2, 0.25) is 0 Å². The summed E-state index contributed by atoms with van der Waals surface area (Å²) in [6.07, 6.45) is 2.96. The van der Waals surface area contributed by atoms with E-state index in [2.05, 4.69) is 32.0 Å². The molecule has 13 heavy (non-hydrogen) atoms. The third kappa shape index (κ3) is 2.85. The van der Waals surface area contributed by atoms with Crippen molar-refractivity contribution in [1.82, 2.24) is 0 Å². The fourth-order valence-electron chi connectivity index (χ4n) is 1.53.